The Hall–Kier alpha value is -2.95. The smallest absolute Gasteiger partial charge is 0.240 e. The number of pyridine rings is 2. The van der Waals surface area contributed by atoms with E-state index in [0.717, 1.165) is 16.6 Å². The second-order valence-electron chi connectivity index (χ2n) is 5.47. The van der Waals surface area contributed by atoms with Crippen LogP contribution in [0.5, 0.6) is 0 Å². The van der Waals surface area contributed by atoms with Crippen LogP contribution in [0.25, 0.3) is 10.9 Å². The van der Waals surface area contributed by atoms with Crippen LogP contribution in [0.3, 0.4) is 0 Å². The summed E-state index contributed by atoms with van der Waals surface area (Å²) in [6.07, 6.45) is 5.07. The van der Waals surface area contributed by atoms with Gasteiger partial charge >= 0.3 is 0 Å². The molecule has 0 unspecified atom stereocenters. The lowest BCUT2D eigenvalue weighted by atomic mass is 10.1. The average molecular weight is 307 g/mol. The highest BCUT2D eigenvalue weighted by Crippen LogP contribution is 2.12. The molecule has 0 spiro atoms. The molecular formula is C18H17N3O2. The molecule has 1 amide bonds. The summed E-state index contributed by atoms with van der Waals surface area (Å²) in [5, 5.41) is 3.49. The Balaban J connectivity index is 1.77. The molecule has 0 aliphatic carbocycles. The van der Waals surface area contributed by atoms with Crippen molar-refractivity contribution in [2.75, 3.05) is 0 Å². The minimum Gasteiger partial charge on any atom is -0.350 e. The summed E-state index contributed by atoms with van der Waals surface area (Å²) >= 11 is 0. The Labute approximate surface area is 133 Å². The van der Waals surface area contributed by atoms with E-state index in [2.05, 4.69) is 10.3 Å². The van der Waals surface area contributed by atoms with Crippen LogP contribution in [-0.4, -0.2) is 15.5 Å². The lowest BCUT2D eigenvalue weighted by Crippen LogP contribution is -2.27. The molecule has 0 aliphatic heterocycles. The zero-order chi connectivity index (χ0) is 16.2. The quantitative estimate of drug-likeness (QED) is 0.802. The molecule has 3 rings (SSSR count). The zero-order valence-corrected chi connectivity index (χ0v) is 12.8. The molecule has 1 aromatic carbocycles. The van der Waals surface area contributed by atoms with Crippen molar-refractivity contribution in [3.05, 3.63) is 76.3 Å². The standard InChI is InChI=1S/C18H17N3O2/c1-13-4-5-16-15(9-13)17(22)6-8-21(16)12-18(23)20-11-14-3-2-7-19-10-14/h2-10H,11-12H2,1H3,(H,20,23). The monoisotopic (exact) mass is 307 g/mol. The van der Waals surface area contributed by atoms with E-state index in [1.165, 1.54) is 6.07 Å². The zero-order valence-electron chi connectivity index (χ0n) is 12.8. The number of nitrogens with one attached hydrogen (secondary N) is 1. The summed E-state index contributed by atoms with van der Waals surface area (Å²) in [6.45, 7) is 2.54. The number of rotatable bonds is 4. The minimum atomic E-state index is -0.112. The second kappa shape index (κ2) is 6.44. The first-order chi connectivity index (χ1) is 11.1. The van der Waals surface area contributed by atoms with Gasteiger partial charge in [-0.05, 0) is 30.7 Å². The van der Waals surface area contributed by atoms with Crippen molar-refractivity contribution in [3.8, 4) is 0 Å². The van der Waals surface area contributed by atoms with Crippen LogP contribution in [0.15, 0.2) is 59.8 Å². The second-order valence-corrected chi connectivity index (χ2v) is 5.47. The van der Waals surface area contributed by atoms with Crippen molar-refractivity contribution in [3.63, 3.8) is 0 Å². The molecule has 0 saturated carbocycles. The van der Waals surface area contributed by atoms with Crippen LogP contribution in [0.4, 0.5) is 0 Å². The van der Waals surface area contributed by atoms with Gasteiger partial charge in [-0.2, -0.15) is 0 Å². The number of amides is 1. The van der Waals surface area contributed by atoms with E-state index in [1.54, 1.807) is 23.2 Å². The number of aryl methyl sites for hydroxylation is 1. The molecule has 3 aromatic rings. The van der Waals surface area contributed by atoms with E-state index in [4.69, 9.17) is 0 Å². The predicted octanol–water partition coefficient (Wildman–Crippen LogP) is 2.02. The molecule has 116 valence electrons. The van der Waals surface area contributed by atoms with Gasteiger partial charge in [0, 0.05) is 36.6 Å². The first-order valence-corrected chi connectivity index (χ1v) is 7.39. The summed E-state index contributed by atoms with van der Waals surface area (Å²) < 4.78 is 1.79. The van der Waals surface area contributed by atoms with Gasteiger partial charge in [-0.3, -0.25) is 14.6 Å². The fourth-order valence-corrected chi connectivity index (χ4v) is 2.48. The van der Waals surface area contributed by atoms with Crippen molar-refractivity contribution in [1.29, 1.82) is 0 Å². The highest BCUT2D eigenvalue weighted by atomic mass is 16.2. The van der Waals surface area contributed by atoms with Gasteiger partial charge in [0.1, 0.15) is 6.54 Å². The first kappa shape index (κ1) is 15.0. The number of aromatic nitrogens is 2. The number of benzene rings is 1. The van der Waals surface area contributed by atoms with E-state index < -0.39 is 0 Å². The van der Waals surface area contributed by atoms with E-state index in [1.807, 2.05) is 37.3 Å². The number of nitrogens with zero attached hydrogens (tertiary/aromatic N) is 2. The molecule has 5 nitrogen and oxygen atoms in total. The van der Waals surface area contributed by atoms with Gasteiger partial charge in [-0.1, -0.05) is 17.7 Å². The lowest BCUT2D eigenvalue weighted by molar-refractivity contribution is -0.121. The minimum absolute atomic E-state index is 0.0317. The van der Waals surface area contributed by atoms with Gasteiger partial charge in [0.25, 0.3) is 0 Å². The summed E-state index contributed by atoms with van der Waals surface area (Å²) in [7, 11) is 0. The molecule has 5 heteroatoms. The van der Waals surface area contributed by atoms with Gasteiger partial charge in [0.05, 0.1) is 5.52 Å². The third-order valence-corrected chi connectivity index (χ3v) is 3.66. The summed E-state index contributed by atoms with van der Waals surface area (Å²) in [5.41, 5.74) is 2.70. The highest BCUT2D eigenvalue weighted by molar-refractivity contribution is 5.82. The molecule has 0 aliphatic rings. The van der Waals surface area contributed by atoms with E-state index in [0.29, 0.717) is 11.9 Å². The Morgan fingerprint density at radius 1 is 1.26 bits per heavy atom. The van der Waals surface area contributed by atoms with Crippen molar-refractivity contribution >= 4 is 16.8 Å². The highest BCUT2D eigenvalue weighted by Gasteiger charge is 2.07. The predicted molar refractivity (Wildman–Crippen MR) is 89.0 cm³/mol. The van der Waals surface area contributed by atoms with E-state index in [-0.39, 0.29) is 17.9 Å². The molecule has 0 bridgehead atoms. The van der Waals surface area contributed by atoms with Crippen LogP contribution < -0.4 is 10.7 Å². The molecule has 23 heavy (non-hydrogen) atoms. The molecular weight excluding hydrogens is 290 g/mol. The van der Waals surface area contributed by atoms with Gasteiger partial charge in [-0.25, -0.2) is 0 Å². The molecule has 0 saturated heterocycles. The Morgan fingerprint density at radius 2 is 2.13 bits per heavy atom. The molecule has 2 aromatic heterocycles. The maximum absolute atomic E-state index is 12.2. The number of carbonyl (C=O) groups excluding carboxylic acids is 1. The number of carbonyl (C=O) groups is 1. The Kier molecular flexibility index (Phi) is 4.19. The van der Waals surface area contributed by atoms with Crippen LogP contribution in [0, 0.1) is 6.92 Å². The maximum Gasteiger partial charge on any atom is 0.240 e. The van der Waals surface area contributed by atoms with E-state index >= 15 is 0 Å². The topological polar surface area (TPSA) is 64.0 Å². The van der Waals surface area contributed by atoms with E-state index in [9.17, 15) is 9.59 Å². The van der Waals surface area contributed by atoms with Crippen LogP contribution >= 0.6 is 0 Å². The van der Waals surface area contributed by atoms with Crippen LogP contribution in [0.2, 0.25) is 0 Å². The summed E-state index contributed by atoms with van der Waals surface area (Å²) in [4.78, 5) is 28.1. The van der Waals surface area contributed by atoms with Crippen LogP contribution in [-0.2, 0) is 17.9 Å². The largest absolute Gasteiger partial charge is 0.350 e. The molecule has 2 heterocycles. The number of hydrogen-bond acceptors (Lipinski definition) is 3. The average Bonchev–Trinajstić information content (AvgIpc) is 2.57. The third-order valence-electron chi connectivity index (χ3n) is 3.66. The molecule has 0 radical (unpaired) electrons. The third kappa shape index (κ3) is 3.45. The Bertz CT molecular complexity index is 901. The number of fused-ring (bicyclic) bond motifs is 1. The molecule has 0 fully saturated rings. The lowest BCUT2D eigenvalue weighted by Gasteiger charge is -2.11. The normalized spacial score (nSPS) is 10.7. The summed E-state index contributed by atoms with van der Waals surface area (Å²) in [6, 6.07) is 10.9. The van der Waals surface area contributed by atoms with Crippen molar-refractivity contribution in [1.82, 2.24) is 14.9 Å². The van der Waals surface area contributed by atoms with Gasteiger partial charge in [0.15, 0.2) is 5.43 Å². The molecule has 0 atom stereocenters. The fraction of sp³-hybridized carbons (Fsp3) is 0.167. The van der Waals surface area contributed by atoms with Crippen molar-refractivity contribution in [2.45, 2.75) is 20.0 Å². The fourth-order valence-electron chi connectivity index (χ4n) is 2.48. The molecule has 1 N–H and O–H groups in total. The van der Waals surface area contributed by atoms with Crippen molar-refractivity contribution in [2.24, 2.45) is 0 Å². The SMILES string of the molecule is Cc1ccc2c(c1)c(=O)ccn2CC(=O)NCc1cccnc1. The first-order valence-electron chi connectivity index (χ1n) is 7.39. The summed E-state index contributed by atoms with van der Waals surface area (Å²) in [5.74, 6) is -0.112. The van der Waals surface area contributed by atoms with Gasteiger partial charge < -0.3 is 9.88 Å². The maximum atomic E-state index is 12.2. The van der Waals surface area contributed by atoms with Gasteiger partial charge in [-0.15, -0.1) is 0 Å². The number of hydrogen-bond donors (Lipinski definition) is 1. The van der Waals surface area contributed by atoms with Crippen LogP contribution in [0.1, 0.15) is 11.1 Å². The Morgan fingerprint density at radius 3 is 2.91 bits per heavy atom. The van der Waals surface area contributed by atoms with Crippen molar-refractivity contribution < 1.29 is 4.79 Å². The van der Waals surface area contributed by atoms with Gasteiger partial charge in [0.2, 0.25) is 5.91 Å².